The number of amides is 1. The first kappa shape index (κ1) is 24.3. The summed E-state index contributed by atoms with van der Waals surface area (Å²) in [6, 6.07) is 5.84. The third-order valence-electron chi connectivity index (χ3n) is 3.08. The van der Waals surface area contributed by atoms with Gasteiger partial charge >= 0.3 is 6.36 Å². The van der Waals surface area contributed by atoms with Crippen molar-refractivity contribution in [3.63, 3.8) is 0 Å². The second-order valence-corrected chi connectivity index (χ2v) is 5.32. The van der Waals surface area contributed by atoms with Gasteiger partial charge in [0.25, 0.3) is 0 Å². The third kappa shape index (κ3) is 9.68. The monoisotopic (exact) mass is 488 g/mol. The lowest BCUT2D eigenvalue weighted by atomic mass is 10.2. The van der Waals surface area contributed by atoms with E-state index in [1.165, 1.54) is 23.1 Å². The molecule has 1 rings (SSSR count). The number of hydrogen-bond acceptors (Lipinski definition) is 3. The number of carbonyl (C=O) groups excluding carboxylic acids is 1. The minimum absolute atomic E-state index is 0. The molecule has 1 aromatic carbocycles. The molecule has 148 valence electrons. The van der Waals surface area contributed by atoms with E-state index in [9.17, 15) is 18.0 Å². The van der Waals surface area contributed by atoms with Crippen LogP contribution in [-0.2, 0) is 11.3 Å². The second-order valence-electron chi connectivity index (χ2n) is 5.32. The quantitative estimate of drug-likeness (QED) is 0.352. The number of benzene rings is 1. The number of nitrogens with zero attached hydrogens (tertiary/aromatic N) is 2. The Morgan fingerprint density at radius 1 is 1.23 bits per heavy atom. The zero-order valence-corrected chi connectivity index (χ0v) is 17.2. The number of rotatable bonds is 7. The molecular weight excluding hydrogens is 464 g/mol. The van der Waals surface area contributed by atoms with Crippen LogP contribution < -0.4 is 15.4 Å². The van der Waals surface area contributed by atoms with Crippen molar-refractivity contribution in [3.05, 3.63) is 29.8 Å². The highest BCUT2D eigenvalue weighted by Gasteiger charge is 2.31. The number of nitrogens with one attached hydrogen (secondary N) is 2. The van der Waals surface area contributed by atoms with Gasteiger partial charge in [0.1, 0.15) is 5.75 Å². The first-order valence-electron chi connectivity index (χ1n) is 7.79. The number of ether oxygens (including phenoxy) is 1. The highest BCUT2D eigenvalue weighted by atomic mass is 127. The van der Waals surface area contributed by atoms with Crippen molar-refractivity contribution in [1.29, 1.82) is 0 Å². The molecule has 0 aromatic heterocycles. The van der Waals surface area contributed by atoms with Crippen LogP contribution in [0.4, 0.5) is 13.2 Å². The lowest BCUT2D eigenvalue weighted by Gasteiger charge is -2.14. The van der Waals surface area contributed by atoms with Gasteiger partial charge in [-0.05, 0) is 13.0 Å². The van der Waals surface area contributed by atoms with E-state index in [1.54, 1.807) is 20.2 Å². The van der Waals surface area contributed by atoms with Crippen LogP contribution in [0.3, 0.4) is 0 Å². The molecule has 26 heavy (non-hydrogen) atoms. The first-order valence-corrected chi connectivity index (χ1v) is 7.79. The molecule has 1 aromatic rings. The Balaban J connectivity index is 0.00000625. The van der Waals surface area contributed by atoms with E-state index in [4.69, 9.17) is 0 Å². The van der Waals surface area contributed by atoms with Gasteiger partial charge in [0, 0.05) is 39.2 Å². The van der Waals surface area contributed by atoms with Crippen molar-refractivity contribution in [3.8, 4) is 5.75 Å². The largest absolute Gasteiger partial charge is 0.573 e. The second kappa shape index (κ2) is 11.8. The van der Waals surface area contributed by atoms with Crippen LogP contribution >= 0.6 is 24.0 Å². The molecule has 0 aliphatic heterocycles. The molecule has 0 atom stereocenters. The van der Waals surface area contributed by atoms with Crippen LogP contribution in [0.5, 0.6) is 5.75 Å². The molecule has 2 N–H and O–H groups in total. The van der Waals surface area contributed by atoms with Crippen molar-refractivity contribution >= 4 is 35.8 Å². The molecule has 10 heteroatoms. The molecule has 0 aliphatic carbocycles. The summed E-state index contributed by atoms with van der Waals surface area (Å²) in [4.78, 5) is 17.3. The van der Waals surface area contributed by atoms with Gasteiger partial charge < -0.3 is 20.3 Å². The number of para-hydroxylation sites is 1. The molecule has 6 nitrogen and oxygen atoms in total. The molecule has 0 heterocycles. The Labute approximate surface area is 168 Å². The summed E-state index contributed by atoms with van der Waals surface area (Å²) >= 11 is 0. The lowest BCUT2D eigenvalue weighted by Crippen LogP contribution is -2.39. The Kier molecular flexibility index (Phi) is 11.0. The highest BCUT2D eigenvalue weighted by molar-refractivity contribution is 14.0. The maximum atomic E-state index is 12.4. The molecule has 1 amide bonds. The molecule has 0 saturated carbocycles. The highest BCUT2D eigenvalue weighted by Crippen LogP contribution is 2.26. The zero-order valence-electron chi connectivity index (χ0n) is 14.9. The van der Waals surface area contributed by atoms with Crippen molar-refractivity contribution in [2.24, 2.45) is 4.99 Å². The molecule has 0 unspecified atom stereocenters. The maximum Gasteiger partial charge on any atom is 0.573 e. The summed E-state index contributed by atoms with van der Waals surface area (Å²) in [6.07, 6.45) is -4.47. The fourth-order valence-electron chi connectivity index (χ4n) is 1.88. The summed E-state index contributed by atoms with van der Waals surface area (Å²) in [5.41, 5.74) is 0.307. The fraction of sp³-hybridized carbons (Fsp3) is 0.500. The van der Waals surface area contributed by atoms with Gasteiger partial charge in [0.15, 0.2) is 5.96 Å². The van der Waals surface area contributed by atoms with Crippen molar-refractivity contribution < 1.29 is 22.7 Å². The van der Waals surface area contributed by atoms with E-state index < -0.39 is 6.36 Å². The number of aliphatic imine (C=N–C) groups is 1. The smallest absolute Gasteiger partial charge is 0.405 e. The normalized spacial score (nSPS) is 11.4. The van der Waals surface area contributed by atoms with Crippen LogP contribution in [0.1, 0.15) is 18.9 Å². The molecule has 0 bridgehead atoms. The van der Waals surface area contributed by atoms with E-state index in [0.717, 1.165) is 0 Å². The minimum Gasteiger partial charge on any atom is -0.405 e. The third-order valence-corrected chi connectivity index (χ3v) is 3.08. The van der Waals surface area contributed by atoms with Crippen LogP contribution in [0.15, 0.2) is 29.3 Å². The SMILES string of the molecule is CCNC(=NCc1ccccc1OC(F)(F)F)NCCC(=O)N(C)C.I. The van der Waals surface area contributed by atoms with Gasteiger partial charge in [0.2, 0.25) is 5.91 Å². The molecule has 0 aliphatic rings. The summed E-state index contributed by atoms with van der Waals surface area (Å²) < 4.78 is 41.3. The minimum atomic E-state index is -4.75. The number of alkyl halides is 3. The van der Waals surface area contributed by atoms with Crippen LogP contribution in [0.2, 0.25) is 0 Å². The number of carbonyl (C=O) groups is 1. The van der Waals surface area contributed by atoms with E-state index in [1.807, 2.05) is 6.92 Å². The van der Waals surface area contributed by atoms with Crippen molar-refractivity contribution in [1.82, 2.24) is 15.5 Å². The van der Waals surface area contributed by atoms with Crippen molar-refractivity contribution in [2.75, 3.05) is 27.2 Å². The number of hydrogen-bond donors (Lipinski definition) is 2. The molecule has 0 saturated heterocycles. The molecular formula is C16H24F3IN4O2. The average molecular weight is 488 g/mol. The lowest BCUT2D eigenvalue weighted by molar-refractivity contribution is -0.274. The van der Waals surface area contributed by atoms with Gasteiger partial charge in [-0.25, -0.2) is 4.99 Å². The fourth-order valence-corrected chi connectivity index (χ4v) is 1.88. The standard InChI is InChI=1S/C16H23F3N4O2.HI/c1-4-20-15(21-10-9-14(24)23(2)3)22-11-12-7-5-6-8-13(12)25-16(17,18)19;/h5-8H,4,9-11H2,1-3H3,(H2,20,21,22);1H. The van der Waals surface area contributed by atoms with Crippen LogP contribution in [-0.4, -0.2) is 50.3 Å². The molecule has 0 spiro atoms. The predicted octanol–water partition coefficient (Wildman–Crippen LogP) is 2.74. The summed E-state index contributed by atoms with van der Waals surface area (Å²) in [5, 5.41) is 5.95. The average Bonchev–Trinajstić information content (AvgIpc) is 2.52. The van der Waals surface area contributed by atoms with Crippen LogP contribution in [0, 0.1) is 0 Å². The van der Waals surface area contributed by atoms with Gasteiger partial charge in [-0.3, -0.25) is 4.79 Å². The number of guanidine groups is 1. The van der Waals surface area contributed by atoms with E-state index in [-0.39, 0.29) is 48.6 Å². The van der Waals surface area contributed by atoms with Gasteiger partial charge in [-0.2, -0.15) is 0 Å². The Hall–Kier alpha value is -1.72. The van der Waals surface area contributed by atoms with E-state index in [2.05, 4.69) is 20.4 Å². The summed E-state index contributed by atoms with van der Waals surface area (Å²) in [7, 11) is 3.33. The summed E-state index contributed by atoms with van der Waals surface area (Å²) in [5.74, 6) is 0.0977. The predicted molar refractivity (Wildman–Crippen MR) is 105 cm³/mol. The molecule has 0 radical (unpaired) electrons. The maximum absolute atomic E-state index is 12.4. The van der Waals surface area contributed by atoms with Gasteiger partial charge in [-0.15, -0.1) is 37.1 Å². The molecule has 0 fully saturated rings. The first-order chi connectivity index (χ1) is 11.7. The van der Waals surface area contributed by atoms with Gasteiger partial charge in [0.05, 0.1) is 6.54 Å². The topological polar surface area (TPSA) is 66.0 Å². The Bertz CT molecular complexity index is 595. The van der Waals surface area contributed by atoms with E-state index in [0.29, 0.717) is 24.6 Å². The zero-order chi connectivity index (χ0) is 18.9. The summed E-state index contributed by atoms with van der Waals surface area (Å²) in [6.45, 7) is 2.81. The Morgan fingerprint density at radius 2 is 1.88 bits per heavy atom. The number of halogens is 4. The van der Waals surface area contributed by atoms with E-state index >= 15 is 0 Å². The van der Waals surface area contributed by atoms with Crippen molar-refractivity contribution in [2.45, 2.75) is 26.3 Å². The van der Waals surface area contributed by atoms with Gasteiger partial charge in [-0.1, -0.05) is 18.2 Å². The Morgan fingerprint density at radius 3 is 2.46 bits per heavy atom. The van der Waals surface area contributed by atoms with Crippen LogP contribution in [0.25, 0.3) is 0 Å².